The molecular weight excluding hydrogens is 376 g/mol. The van der Waals surface area contributed by atoms with E-state index in [-0.39, 0.29) is 27.2 Å². The lowest BCUT2D eigenvalue weighted by molar-refractivity contribution is 0.318. The number of phenolic OH excluding ortho intramolecular Hbond substituents is 1. The Labute approximate surface area is 156 Å². The first kappa shape index (κ1) is 18.3. The van der Waals surface area contributed by atoms with E-state index in [9.17, 15) is 13.5 Å². The predicted molar refractivity (Wildman–Crippen MR) is 99.3 cm³/mol. The highest BCUT2D eigenvalue weighted by Gasteiger charge is 2.22. The molecule has 0 amide bonds. The SMILES string of the molecule is CCOc1cc(-c2nccn2S(=O)(=O)c2ccc(C)cc2)cc(Cl)c1O. The Kier molecular flexibility index (Phi) is 4.93. The summed E-state index contributed by atoms with van der Waals surface area (Å²) >= 11 is 6.06. The quantitative estimate of drug-likeness (QED) is 0.713. The number of hydrogen-bond acceptors (Lipinski definition) is 5. The summed E-state index contributed by atoms with van der Waals surface area (Å²) in [4.78, 5) is 4.31. The minimum absolute atomic E-state index is 0.0493. The number of imidazole rings is 1. The van der Waals surface area contributed by atoms with Crippen LogP contribution in [-0.2, 0) is 10.0 Å². The summed E-state index contributed by atoms with van der Waals surface area (Å²) < 4.78 is 32.4. The number of aryl methyl sites for hydroxylation is 1. The number of halogens is 1. The average molecular weight is 393 g/mol. The molecule has 6 nitrogen and oxygen atoms in total. The molecule has 0 unspecified atom stereocenters. The Hall–Kier alpha value is -2.51. The second-order valence-corrected chi connectivity index (χ2v) is 7.82. The lowest BCUT2D eigenvalue weighted by atomic mass is 10.2. The molecule has 0 radical (unpaired) electrons. The van der Waals surface area contributed by atoms with Gasteiger partial charge in [0.25, 0.3) is 10.0 Å². The van der Waals surface area contributed by atoms with Crippen molar-refractivity contribution in [2.24, 2.45) is 0 Å². The summed E-state index contributed by atoms with van der Waals surface area (Å²) in [5.41, 5.74) is 1.37. The fourth-order valence-electron chi connectivity index (χ4n) is 2.48. The van der Waals surface area contributed by atoms with Crippen LogP contribution in [0.25, 0.3) is 11.4 Å². The van der Waals surface area contributed by atoms with E-state index in [1.165, 1.54) is 24.5 Å². The Bertz CT molecular complexity index is 1040. The average Bonchev–Trinajstić information content (AvgIpc) is 3.10. The molecule has 0 aliphatic heterocycles. The first-order valence-electron chi connectivity index (χ1n) is 7.86. The van der Waals surface area contributed by atoms with Crippen LogP contribution in [0.2, 0.25) is 5.02 Å². The third-order valence-corrected chi connectivity index (χ3v) is 5.74. The van der Waals surface area contributed by atoms with Crippen LogP contribution in [-0.4, -0.2) is 29.1 Å². The van der Waals surface area contributed by atoms with E-state index >= 15 is 0 Å². The summed E-state index contributed by atoms with van der Waals surface area (Å²) in [6, 6.07) is 9.51. The van der Waals surface area contributed by atoms with Crippen molar-refractivity contribution < 1.29 is 18.3 Å². The van der Waals surface area contributed by atoms with Crippen LogP contribution >= 0.6 is 11.6 Å². The van der Waals surface area contributed by atoms with Gasteiger partial charge in [-0.2, -0.15) is 0 Å². The summed E-state index contributed by atoms with van der Waals surface area (Å²) in [6.07, 6.45) is 2.76. The number of benzene rings is 2. The zero-order chi connectivity index (χ0) is 18.9. The lowest BCUT2D eigenvalue weighted by Gasteiger charge is -2.12. The number of aromatic hydroxyl groups is 1. The molecule has 0 saturated carbocycles. The van der Waals surface area contributed by atoms with E-state index in [2.05, 4.69) is 4.98 Å². The molecular formula is C18H17ClN2O4S. The monoisotopic (exact) mass is 392 g/mol. The fraction of sp³-hybridized carbons (Fsp3) is 0.167. The molecule has 0 atom stereocenters. The first-order chi connectivity index (χ1) is 12.3. The van der Waals surface area contributed by atoms with Crippen molar-refractivity contribution in [3.63, 3.8) is 0 Å². The molecule has 1 heterocycles. The molecule has 0 saturated heterocycles. The second kappa shape index (κ2) is 7.01. The van der Waals surface area contributed by atoms with Crippen LogP contribution in [0.3, 0.4) is 0 Å². The molecule has 8 heteroatoms. The zero-order valence-electron chi connectivity index (χ0n) is 14.2. The maximum Gasteiger partial charge on any atom is 0.269 e. The van der Waals surface area contributed by atoms with Crippen molar-refractivity contribution in [2.75, 3.05) is 6.61 Å². The van der Waals surface area contributed by atoms with E-state index in [0.717, 1.165) is 9.54 Å². The van der Waals surface area contributed by atoms with Gasteiger partial charge in [-0.05, 0) is 38.1 Å². The maximum absolute atomic E-state index is 13.0. The van der Waals surface area contributed by atoms with Crippen LogP contribution in [0.1, 0.15) is 12.5 Å². The van der Waals surface area contributed by atoms with Gasteiger partial charge >= 0.3 is 0 Å². The van der Waals surface area contributed by atoms with Crippen molar-refractivity contribution in [3.8, 4) is 22.9 Å². The van der Waals surface area contributed by atoms with Crippen LogP contribution in [0.15, 0.2) is 53.7 Å². The van der Waals surface area contributed by atoms with Gasteiger partial charge in [0, 0.05) is 18.0 Å². The van der Waals surface area contributed by atoms with Gasteiger partial charge in [-0.15, -0.1) is 0 Å². The van der Waals surface area contributed by atoms with Gasteiger partial charge in [-0.3, -0.25) is 0 Å². The van der Waals surface area contributed by atoms with Crippen LogP contribution in [0.4, 0.5) is 0 Å². The molecule has 1 aromatic heterocycles. The summed E-state index contributed by atoms with van der Waals surface area (Å²) in [6.45, 7) is 3.97. The third kappa shape index (κ3) is 3.27. The van der Waals surface area contributed by atoms with Crippen LogP contribution < -0.4 is 4.74 Å². The van der Waals surface area contributed by atoms with Gasteiger partial charge in [-0.1, -0.05) is 29.3 Å². The van der Waals surface area contributed by atoms with Gasteiger partial charge in [0.2, 0.25) is 0 Å². The second-order valence-electron chi connectivity index (χ2n) is 5.60. The van der Waals surface area contributed by atoms with Gasteiger partial charge in [0.15, 0.2) is 17.3 Å². The molecule has 26 heavy (non-hydrogen) atoms. The van der Waals surface area contributed by atoms with Crippen LogP contribution in [0, 0.1) is 6.92 Å². The Morgan fingerprint density at radius 1 is 1.23 bits per heavy atom. The molecule has 3 rings (SSSR count). The largest absolute Gasteiger partial charge is 0.503 e. The standard InChI is InChI=1S/C18H17ClN2O4S/c1-3-25-16-11-13(10-15(19)17(16)22)18-20-8-9-21(18)26(23,24)14-6-4-12(2)5-7-14/h4-11,22H,3H2,1-2H3. The Balaban J connectivity index is 2.14. The fourth-order valence-corrected chi connectivity index (χ4v) is 3.99. The highest BCUT2D eigenvalue weighted by atomic mass is 35.5. The number of rotatable bonds is 5. The topological polar surface area (TPSA) is 81.4 Å². The maximum atomic E-state index is 13.0. The zero-order valence-corrected chi connectivity index (χ0v) is 15.8. The molecule has 0 aliphatic rings. The molecule has 2 aromatic carbocycles. The van der Waals surface area contributed by atoms with Crippen molar-refractivity contribution in [2.45, 2.75) is 18.7 Å². The predicted octanol–water partition coefficient (Wildman–Crippen LogP) is 3.85. The summed E-state index contributed by atoms with van der Waals surface area (Å²) in [5.74, 6) is 0.141. The highest BCUT2D eigenvalue weighted by molar-refractivity contribution is 7.90. The van der Waals surface area contributed by atoms with E-state index < -0.39 is 10.0 Å². The smallest absolute Gasteiger partial charge is 0.269 e. The van der Waals surface area contributed by atoms with Gasteiger partial charge in [-0.25, -0.2) is 17.4 Å². The van der Waals surface area contributed by atoms with Crippen molar-refractivity contribution in [1.82, 2.24) is 8.96 Å². The van der Waals surface area contributed by atoms with E-state index in [1.807, 2.05) is 6.92 Å². The number of ether oxygens (including phenoxy) is 1. The highest BCUT2D eigenvalue weighted by Crippen LogP contribution is 2.38. The molecule has 3 aromatic rings. The van der Waals surface area contributed by atoms with Crippen molar-refractivity contribution >= 4 is 21.6 Å². The third-order valence-electron chi connectivity index (χ3n) is 3.77. The van der Waals surface area contributed by atoms with Crippen molar-refractivity contribution in [3.05, 3.63) is 59.4 Å². The minimum atomic E-state index is -3.83. The van der Waals surface area contributed by atoms with Crippen molar-refractivity contribution in [1.29, 1.82) is 0 Å². The molecule has 136 valence electrons. The summed E-state index contributed by atoms with van der Waals surface area (Å²) in [7, 11) is -3.83. The first-order valence-corrected chi connectivity index (χ1v) is 9.67. The van der Waals surface area contributed by atoms with Gasteiger partial charge in [0.05, 0.1) is 16.5 Å². The number of nitrogens with zero attached hydrogens (tertiary/aromatic N) is 2. The molecule has 0 spiro atoms. The van der Waals surface area contributed by atoms with Gasteiger partial charge in [0.1, 0.15) is 0 Å². The Morgan fingerprint density at radius 2 is 1.92 bits per heavy atom. The molecule has 0 aliphatic carbocycles. The lowest BCUT2D eigenvalue weighted by Crippen LogP contribution is -2.13. The molecule has 0 fully saturated rings. The van der Waals surface area contributed by atoms with E-state index in [4.69, 9.17) is 16.3 Å². The number of hydrogen-bond donors (Lipinski definition) is 1. The van der Waals surface area contributed by atoms with E-state index in [0.29, 0.717) is 12.2 Å². The van der Waals surface area contributed by atoms with Crippen LogP contribution in [0.5, 0.6) is 11.5 Å². The molecule has 0 bridgehead atoms. The number of aromatic nitrogens is 2. The number of phenols is 1. The normalized spacial score (nSPS) is 11.5. The minimum Gasteiger partial charge on any atom is -0.503 e. The van der Waals surface area contributed by atoms with E-state index in [1.54, 1.807) is 31.2 Å². The molecule has 1 N–H and O–H groups in total. The Morgan fingerprint density at radius 3 is 2.58 bits per heavy atom. The summed E-state index contributed by atoms with van der Waals surface area (Å²) in [5, 5.41) is 10.0. The van der Waals surface area contributed by atoms with Gasteiger partial charge < -0.3 is 9.84 Å².